The van der Waals surface area contributed by atoms with Gasteiger partial charge in [-0.25, -0.2) is 4.98 Å². The molecule has 1 saturated heterocycles. The van der Waals surface area contributed by atoms with E-state index in [1.165, 1.54) is 6.07 Å². The zero-order valence-corrected chi connectivity index (χ0v) is 17.3. The molecule has 0 N–H and O–H groups in total. The smallest absolute Gasteiger partial charge is 0.354 e. The number of rotatable bonds is 6. The molecule has 1 aromatic carbocycles. The third-order valence-corrected chi connectivity index (χ3v) is 5.50. The van der Waals surface area contributed by atoms with Crippen molar-refractivity contribution in [1.29, 1.82) is 0 Å². The second kappa shape index (κ2) is 9.47. The van der Waals surface area contributed by atoms with Crippen molar-refractivity contribution in [1.82, 2.24) is 14.8 Å². The highest BCUT2D eigenvalue weighted by molar-refractivity contribution is 5.83. The van der Waals surface area contributed by atoms with E-state index in [2.05, 4.69) is 9.88 Å². The number of pyridine rings is 1. The summed E-state index contributed by atoms with van der Waals surface area (Å²) in [5.74, 6) is 0.598. The minimum absolute atomic E-state index is 0.0762. The standard InChI is InChI=1S/C22H27F3N4O/c1-3-27(4-2)21(30)20(17-8-6-5-7-9-17)29-14-12-28(13-15-29)19-11-10-18(16-26-19)22(23,24)25/h5-11,16,20H,3-4,12-15H2,1-2H3. The van der Waals surface area contributed by atoms with Crippen molar-refractivity contribution >= 4 is 11.7 Å². The Morgan fingerprint density at radius 2 is 1.67 bits per heavy atom. The van der Waals surface area contributed by atoms with Crippen molar-refractivity contribution in [3.63, 3.8) is 0 Å². The lowest BCUT2D eigenvalue weighted by atomic mass is 10.0. The van der Waals surface area contributed by atoms with Gasteiger partial charge in [0.2, 0.25) is 5.91 Å². The molecule has 1 unspecified atom stereocenters. The van der Waals surface area contributed by atoms with Gasteiger partial charge >= 0.3 is 6.18 Å². The fourth-order valence-corrected chi connectivity index (χ4v) is 3.80. The number of aromatic nitrogens is 1. The molecule has 30 heavy (non-hydrogen) atoms. The van der Waals surface area contributed by atoms with Crippen molar-refractivity contribution < 1.29 is 18.0 Å². The zero-order valence-electron chi connectivity index (χ0n) is 17.3. The van der Waals surface area contributed by atoms with Gasteiger partial charge in [0, 0.05) is 45.5 Å². The van der Waals surface area contributed by atoms with Gasteiger partial charge in [0.15, 0.2) is 0 Å². The average Bonchev–Trinajstić information content (AvgIpc) is 2.76. The van der Waals surface area contributed by atoms with E-state index in [-0.39, 0.29) is 11.9 Å². The van der Waals surface area contributed by atoms with Crippen molar-refractivity contribution in [2.24, 2.45) is 0 Å². The lowest BCUT2D eigenvalue weighted by molar-refractivity contribution is -0.138. The fraction of sp³-hybridized carbons (Fsp3) is 0.455. The lowest BCUT2D eigenvalue weighted by Crippen LogP contribution is -2.51. The number of amides is 1. The Morgan fingerprint density at radius 3 is 2.17 bits per heavy atom. The maximum absolute atomic E-state index is 13.2. The minimum atomic E-state index is -4.39. The van der Waals surface area contributed by atoms with Gasteiger partial charge in [0.1, 0.15) is 11.9 Å². The highest BCUT2D eigenvalue weighted by atomic mass is 19.4. The molecule has 5 nitrogen and oxygen atoms in total. The molecule has 0 saturated carbocycles. The summed E-state index contributed by atoms with van der Waals surface area (Å²) >= 11 is 0. The molecule has 1 aromatic heterocycles. The molecule has 2 heterocycles. The number of benzene rings is 1. The van der Waals surface area contributed by atoms with Crippen LogP contribution in [0.2, 0.25) is 0 Å². The van der Waals surface area contributed by atoms with E-state index in [0.717, 1.165) is 17.8 Å². The van der Waals surface area contributed by atoms with Gasteiger partial charge < -0.3 is 9.80 Å². The summed E-state index contributed by atoms with van der Waals surface area (Å²) in [6.07, 6.45) is -3.52. The van der Waals surface area contributed by atoms with Crippen LogP contribution in [-0.4, -0.2) is 60.0 Å². The summed E-state index contributed by atoms with van der Waals surface area (Å²) in [5, 5.41) is 0. The number of hydrogen-bond acceptors (Lipinski definition) is 4. The number of hydrogen-bond donors (Lipinski definition) is 0. The summed E-state index contributed by atoms with van der Waals surface area (Å²) in [7, 11) is 0. The van der Waals surface area contributed by atoms with Crippen LogP contribution in [0.3, 0.4) is 0 Å². The van der Waals surface area contributed by atoms with Crippen molar-refractivity contribution in [2.45, 2.75) is 26.1 Å². The van der Waals surface area contributed by atoms with Crippen LogP contribution in [0.15, 0.2) is 48.7 Å². The van der Waals surface area contributed by atoms with E-state index in [0.29, 0.717) is 45.1 Å². The predicted molar refractivity (Wildman–Crippen MR) is 110 cm³/mol. The molecule has 1 atom stereocenters. The molecule has 3 rings (SSSR count). The molecule has 1 fully saturated rings. The fourth-order valence-electron chi connectivity index (χ4n) is 3.80. The summed E-state index contributed by atoms with van der Waals surface area (Å²) in [6.45, 7) is 7.66. The maximum Gasteiger partial charge on any atom is 0.417 e. The maximum atomic E-state index is 13.2. The molecule has 0 bridgehead atoms. The van der Waals surface area contributed by atoms with E-state index in [9.17, 15) is 18.0 Å². The monoisotopic (exact) mass is 420 g/mol. The van der Waals surface area contributed by atoms with E-state index >= 15 is 0 Å². The number of likely N-dealkylation sites (N-methyl/N-ethyl adjacent to an activating group) is 1. The van der Waals surface area contributed by atoms with Crippen LogP contribution in [-0.2, 0) is 11.0 Å². The lowest BCUT2D eigenvalue weighted by Gasteiger charge is -2.40. The number of anilines is 1. The molecule has 0 radical (unpaired) electrons. The topological polar surface area (TPSA) is 39.7 Å². The molecule has 2 aromatic rings. The second-order valence-electron chi connectivity index (χ2n) is 7.25. The first-order valence-electron chi connectivity index (χ1n) is 10.2. The molecular formula is C22H27F3N4O. The third kappa shape index (κ3) is 4.92. The first-order valence-corrected chi connectivity index (χ1v) is 10.2. The van der Waals surface area contributed by atoms with Crippen molar-refractivity contribution in [3.8, 4) is 0 Å². The van der Waals surface area contributed by atoms with Gasteiger partial charge in [-0.05, 0) is 31.5 Å². The Morgan fingerprint density at radius 1 is 1.03 bits per heavy atom. The van der Waals surface area contributed by atoms with Crippen molar-refractivity contribution in [2.75, 3.05) is 44.2 Å². The summed E-state index contributed by atoms with van der Waals surface area (Å²) < 4.78 is 38.3. The van der Waals surface area contributed by atoms with Gasteiger partial charge in [-0.2, -0.15) is 13.2 Å². The molecule has 0 aliphatic carbocycles. The quantitative estimate of drug-likeness (QED) is 0.712. The van der Waals surface area contributed by atoms with Crippen LogP contribution in [0.25, 0.3) is 0 Å². The van der Waals surface area contributed by atoms with Crippen molar-refractivity contribution in [3.05, 3.63) is 59.8 Å². The van der Waals surface area contributed by atoms with E-state index in [4.69, 9.17) is 0 Å². The third-order valence-electron chi connectivity index (χ3n) is 5.50. The van der Waals surface area contributed by atoms with Crippen LogP contribution in [0.1, 0.15) is 31.0 Å². The first kappa shape index (κ1) is 22.1. The highest BCUT2D eigenvalue weighted by Crippen LogP contribution is 2.30. The molecule has 162 valence electrons. The van der Waals surface area contributed by atoms with Crippen LogP contribution in [0.5, 0.6) is 0 Å². The normalized spacial score (nSPS) is 16.4. The minimum Gasteiger partial charge on any atom is -0.354 e. The van der Waals surface area contributed by atoms with Gasteiger partial charge in [-0.3, -0.25) is 9.69 Å². The van der Waals surface area contributed by atoms with Crippen LogP contribution in [0, 0.1) is 0 Å². The Labute approximate surface area is 175 Å². The highest BCUT2D eigenvalue weighted by Gasteiger charge is 2.34. The van der Waals surface area contributed by atoms with E-state index in [1.54, 1.807) is 0 Å². The number of carbonyl (C=O) groups is 1. The number of carbonyl (C=O) groups excluding carboxylic acids is 1. The number of nitrogens with zero attached hydrogens (tertiary/aromatic N) is 4. The molecule has 1 aliphatic heterocycles. The number of alkyl halides is 3. The summed E-state index contributed by atoms with van der Waals surface area (Å²) in [5.41, 5.74) is 0.203. The van der Waals surface area contributed by atoms with E-state index < -0.39 is 11.7 Å². The number of piperazine rings is 1. The Hall–Kier alpha value is -2.61. The summed E-state index contributed by atoms with van der Waals surface area (Å²) in [6, 6.07) is 11.8. The molecule has 0 spiro atoms. The van der Waals surface area contributed by atoms with Crippen LogP contribution in [0.4, 0.5) is 19.0 Å². The average molecular weight is 420 g/mol. The largest absolute Gasteiger partial charge is 0.417 e. The van der Waals surface area contributed by atoms with Crippen LogP contribution < -0.4 is 4.90 Å². The van der Waals surface area contributed by atoms with Gasteiger partial charge in [-0.1, -0.05) is 30.3 Å². The van der Waals surface area contributed by atoms with Gasteiger partial charge in [0.05, 0.1) is 5.56 Å². The Kier molecular flexibility index (Phi) is 6.97. The Bertz CT molecular complexity index is 815. The summed E-state index contributed by atoms with van der Waals surface area (Å²) in [4.78, 5) is 23.2. The Balaban J connectivity index is 1.73. The second-order valence-corrected chi connectivity index (χ2v) is 7.25. The molecular weight excluding hydrogens is 393 g/mol. The van der Waals surface area contributed by atoms with Gasteiger partial charge in [0.25, 0.3) is 0 Å². The first-order chi connectivity index (χ1) is 14.3. The predicted octanol–water partition coefficient (Wildman–Crippen LogP) is 3.83. The SMILES string of the molecule is CCN(CC)C(=O)C(c1ccccc1)N1CCN(c2ccc(C(F)(F)F)cn2)CC1. The van der Waals surface area contributed by atoms with Gasteiger partial charge in [-0.15, -0.1) is 0 Å². The molecule has 8 heteroatoms. The molecule has 1 aliphatic rings. The molecule has 1 amide bonds. The van der Waals surface area contributed by atoms with E-state index in [1.807, 2.05) is 54.0 Å². The zero-order chi connectivity index (χ0) is 21.7. The number of halogens is 3. The van der Waals surface area contributed by atoms with Crippen LogP contribution >= 0.6 is 0 Å².